The molecule has 0 aromatic carbocycles. The lowest BCUT2D eigenvalue weighted by atomic mass is 9.52. The second kappa shape index (κ2) is 8.34. The Hall–Kier alpha value is -0.870. The molecule has 2 fully saturated rings. The van der Waals surface area contributed by atoms with Crippen LogP contribution in [0.5, 0.6) is 0 Å². The van der Waals surface area contributed by atoms with Crippen molar-refractivity contribution >= 4 is 5.97 Å². The fourth-order valence-corrected chi connectivity index (χ4v) is 6.00. The zero-order valence-electron chi connectivity index (χ0n) is 19.7. The third-order valence-electron chi connectivity index (χ3n) is 8.74. The highest BCUT2D eigenvalue weighted by Gasteiger charge is 2.49. The lowest BCUT2D eigenvalue weighted by Crippen LogP contribution is -2.45. The summed E-state index contributed by atoms with van der Waals surface area (Å²) < 4.78 is 4.86. The van der Waals surface area contributed by atoms with Crippen molar-refractivity contribution in [3.05, 3.63) is 11.6 Å². The summed E-state index contributed by atoms with van der Waals surface area (Å²) in [5, 5.41) is 0. The molecule has 0 amide bonds. The number of esters is 1. The van der Waals surface area contributed by atoms with Gasteiger partial charge < -0.3 is 4.74 Å². The Bertz CT molecular complexity index is 629. The Balaban J connectivity index is 1.65. The van der Waals surface area contributed by atoms with Crippen LogP contribution in [0, 0.1) is 28.6 Å². The standard InChI is InChI=1S/C25H42O4/c1-17-10-11-19-20(9-8-13-23(19,3)4)25(17,6)16-15-24(5)14-12-21(28-29-24)18(2)22(26)27-7/h9,17-19,21H,8,10-16H2,1-7H3/t17-,18+,19-,21+,24+,25-/m1/s1. The van der Waals surface area contributed by atoms with E-state index in [9.17, 15) is 4.79 Å². The first-order valence-electron chi connectivity index (χ1n) is 11.7. The normalized spacial score (nSPS) is 40.5. The first kappa shape index (κ1) is 22.8. The number of rotatable bonds is 5. The second-order valence-electron chi connectivity index (χ2n) is 11.2. The van der Waals surface area contributed by atoms with Crippen LogP contribution in [0.25, 0.3) is 0 Å². The fraction of sp³-hybridized carbons (Fsp3) is 0.880. The Kier molecular flexibility index (Phi) is 6.56. The Morgan fingerprint density at radius 3 is 2.52 bits per heavy atom. The van der Waals surface area contributed by atoms with Crippen molar-refractivity contribution in [3.63, 3.8) is 0 Å². The highest BCUT2D eigenvalue weighted by molar-refractivity contribution is 5.72. The quantitative estimate of drug-likeness (QED) is 0.308. The SMILES string of the molecule is COC(=O)[C@@H](C)[C@@H]1CC[C@@](C)(CC[C@@]2(C)C3=CCCC(C)(C)[C@@H]3CC[C@H]2C)OO1. The summed E-state index contributed by atoms with van der Waals surface area (Å²) in [6.45, 7) is 13.9. The van der Waals surface area contributed by atoms with E-state index in [-0.39, 0.29) is 29.0 Å². The van der Waals surface area contributed by atoms with E-state index in [1.807, 2.05) is 6.92 Å². The van der Waals surface area contributed by atoms with E-state index in [0.29, 0.717) is 11.3 Å². The number of allylic oxidation sites excluding steroid dienone is 2. The van der Waals surface area contributed by atoms with Crippen molar-refractivity contribution < 1.29 is 19.3 Å². The molecule has 1 heterocycles. The number of methoxy groups -OCH3 is 1. The van der Waals surface area contributed by atoms with Crippen molar-refractivity contribution in [1.29, 1.82) is 0 Å². The highest BCUT2D eigenvalue weighted by atomic mass is 17.2. The molecule has 1 saturated carbocycles. The molecule has 0 unspecified atom stereocenters. The van der Waals surface area contributed by atoms with Gasteiger partial charge in [0, 0.05) is 0 Å². The summed E-state index contributed by atoms with van der Waals surface area (Å²) in [6.07, 6.45) is 11.4. The van der Waals surface area contributed by atoms with Crippen molar-refractivity contribution in [2.45, 2.75) is 105 Å². The summed E-state index contributed by atoms with van der Waals surface area (Å²) >= 11 is 0. The summed E-state index contributed by atoms with van der Waals surface area (Å²) in [5.41, 5.74) is 2.08. The third kappa shape index (κ3) is 4.44. The van der Waals surface area contributed by atoms with E-state index in [2.05, 4.69) is 40.7 Å². The van der Waals surface area contributed by atoms with Gasteiger partial charge in [-0.15, -0.1) is 0 Å². The molecule has 0 spiro atoms. The molecule has 4 nitrogen and oxygen atoms in total. The fourth-order valence-electron chi connectivity index (χ4n) is 6.00. The van der Waals surface area contributed by atoms with Gasteiger partial charge in [0.15, 0.2) is 0 Å². The summed E-state index contributed by atoms with van der Waals surface area (Å²) in [5.74, 6) is 0.887. The van der Waals surface area contributed by atoms with Crippen LogP contribution in [0.15, 0.2) is 11.6 Å². The lowest BCUT2D eigenvalue weighted by Gasteiger charge is -2.53. The maximum absolute atomic E-state index is 11.8. The molecule has 6 atom stereocenters. The molecule has 166 valence electrons. The summed E-state index contributed by atoms with van der Waals surface area (Å²) in [7, 11) is 1.42. The average Bonchev–Trinajstić information content (AvgIpc) is 2.69. The van der Waals surface area contributed by atoms with Crippen LogP contribution in [0.1, 0.15) is 92.9 Å². The lowest BCUT2D eigenvalue weighted by molar-refractivity contribution is -0.411. The van der Waals surface area contributed by atoms with Crippen LogP contribution in [0.2, 0.25) is 0 Å². The van der Waals surface area contributed by atoms with Gasteiger partial charge in [-0.3, -0.25) is 4.79 Å². The van der Waals surface area contributed by atoms with E-state index in [1.165, 1.54) is 32.8 Å². The van der Waals surface area contributed by atoms with Crippen LogP contribution >= 0.6 is 0 Å². The van der Waals surface area contributed by atoms with Gasteiger partial charge in [0.1, 0.15) is 11.7 Å². The molecule has 2 aliphatic carbocycles. The first-order chi connectivity index (χ1) is 13.5. The molecule has 0 radical (unpaired) electrons. The predicted octanol–water partition coefficient (Wildman–Crippen LogP) is 6.24. The van der Waals surface area contributed by atoms with Gasteiger partial charge in [0.25, 0.3) is 0 Å². The van der Waals surface area contributed by atoms with E-state index < -0.39 is 0 Å². The molecule has 1 aliphatic heterocycles. The minimum atomic E-state index is -0.296. The van der Waals surface area contributed by atoms with Gasteiger partial charge in [0.2, 0.25) is 0 Å². The van der Waals surface area contributed by atoms with E-state index in [1.54, 1.807) is 5.57 Å². The van der Waals surface area contributed by atoms with Gasteiger partial charge in [0.05, 0.1) is 13.0 Å². The average molecular weight is 407 g/mol. The van der Waals surface area contributed by atoms with Crippen LogP contribution in [0.3, 0.4) is 0 Å². The van der Waals surface area contributed by atoms with Crippen molar-refractivity contribution in [3.8, 4) is 0 Å². The summed E-state index contributed by atoms with van der Waals surface area (Å²) in [6, 6.07) is 0. The molecule has 0 aromatic rings. The highest BCUT2D eigenvalue weighted by Crippen LogP contribution is 2.58. The first-order valence-corrected chi connectivity index (χ1v) is 11.7. The van der Waals surface area contributed by atoms with E-state index in [0.717, 1.165) is 31.6 Å². The molecule has 1 saturated heterocycles. The molecule has 4 heteroatoms. The molecule has 0 aromatic heterocycles. The van der Waals surface area contributed by atoms with Crippen molar-refractivity contribution in [2.75, 3.05) is 7.11 Å². The summed E-state index contributed by atoms with van der Waals surface area (Å²) in [4.78, 5) is 23.4. The van der Waals surface area contributed by atoms with Gasteiger partial charge in [-0.05, 0) is 87.9 Å². The second-order valence-corrected chi connectivity index (χ2v) is 11.2. The molecular weight excluding hydrogens is 364 g/mol. The van der Waals surface area contributed by atoms with Crippen LogP contribution in [0.4, 0.5) is 0 Å². The molecule has 3 aliphatic rings. The van der Waals surface area contributed by atoms with Crippen LogP contribution in [-0.2, 0) is 19.3 Å². The van der Waals surface area contributed by atoms with Gasteiger partial charge in [-0.25, -0.2) is 9.78 Å². The molecular formula is C25H42O4. The largest absolute Gasteiger partial charge is 0.469 e. The maximum atomic E-state index is 11.8. The minimum Gasteiger partial charge on any atom is -0.469 e. The van der Waals surface area contributed by atoms with Crippen molar-refractivity contribution in [1.82, 2.24) is 0 Å². The minimum absolute atomic E-state index is 0.217. The monoisotopic (exact) mass is 406 g/mol. The van der Waals surface area contributed by atoms with Crippen molar-refractivity contribution in [2.24, 2.45) is 28.6 Å². The molecule has 0 bridgehead atoms. The van der Waals surface area contributed by atoms with E-state index in [4.69, 9.17) is 14.5 Å². The smallest absolute Gasteiger partial charge is 0.311 e. The molecule has 3 rings (SSSR count). The topological polar surface area (TPSA) is 44.8 Å². The van der Waals surface area contributed by atoms with Gasteiger partial charge in [-0.1, -0.05) is 39.3 Å². The zero-order chi connectivity index (χ0) is 21.4. The zero-order valence-corrected chi connectivity index (χ0v) is 19.7. The number of hydrogen-bond acceptors (Lipinski definition) is 4. The maximum Gasteiger partial charge on any atom is 0.311 e. The Morgan fingerprint density at radius 2 is 1.90 bits per heavy atom. The van der Waals surface area contributed by atoms with Gasteiger partial charge >= 0.3 is 5.97 Å². The molecule has 29 heavy (non-hydrogen) atoms. The number of ether oxygens (including phenoxy) is 1. The number of carbonyl (C=O) groups is 1. The van der Waals surface area contributed by atoms with Gasteiger partial charge in [-0.2, -0.15) is 0 Å². The Labute approximate surface area is 177 Å². The molecule has 0 N–H and O–H groups in total. The Morgan fingerprint density at radius 1 is 1.17 bits per heavy atom. The van der Waals surface area contributed by atoms with Crippen LogP contribution < -0.4 is 0 Å². The van der Waals surface area contributed by atoms with E-state index >= 15 is 0 Å². The predicted molar refractivity (Wildman–Crippen MR) is 115 cm³/mol. The number of hydrogen-bond donors (Lipinski definition) is 0. The number of fused-ring (bicyclic) bond motifs is 1. The third-order valence-corrected chi connectivity index (χ3v) is 8.74. The van der Waals surface area contributed by atoms with Crippen LogP contribution in [-0.4, -0.2) is 24.8 Å². The number of carbonyl (C=O) groups excluding carboxylic acids is 1.